The van der Waals surface area contributed by atoms with E-state index in [0.717, 1.165) is 0 Å². The molecule has 1 aliphatic rings. The third-order valence-electron chi connectivity index (χ3n) is 2.29. The van der Waals surface area contributed by atoms with E-state index >= 15 is 0 Å². The van der Waals surface area contributed by atoms with Gasteiger partial charge in [-0.15, -0.1) is 5.10 Å². The summed E-state index contributed by atoms with van der Waals surface area (Å²) in [6.07, 6.45) is 0. The van der Waals surface area contributed by atoms with Crippen LogP contribution >= 0.6 is 15.9 Å². The van der Waals surface area contributed by atoms with E-state index in [1.807, 2.05) is 0 Å². The molecule has 15 heavy (non-hydrogen) atoms. The lowest BCUT2D eigenvalue weighted by atomic mass is 10.3. The average Bonchev–Trinajstić information content (AvgIpc) is 2.59. The minimum Gasteiger partial charge on any atom is -0.378 e. The highest BCUT2D eigenvalue weighted by Crippen LogP contribution is 2.14. The summed E-state index contributed by atoms with van der Waals surface area (Å²) >= 11 is 3.21. The fourth-order valence-corrected chi connectivity index (χ4v) is 1.97. The van der Waals surface area contributed by atoms with Crippen molar-refractivity contribution in [3.63, 3.8) is 0 Å². The molecule has 1 aliphatic heterocycles. The van der Waals surface area contributed by atoms with Crippen LogP contribution in [0.2, 0.25) is 0 Å². The number of nitrogens with zero attached hydrogens (tertiary/aromatic N) is 4. The fourth-order valence-electron chi connectivity index (χ4n) is 1.47. The van der Waals surface area contributed by atoms with Crippen LogP contribution in [0, 0.1) is 0 Å². The number of carbonyl (C=O) groups excluding carboxylic acids is 1. The molecule has 0 radical (unpaired) electrons. The van der Waals surface area contributed by atoms with Gasteiger partial charge in [-0.1, -0.05) is 5.21 Å². The Bertz CT molecular complexity index is 353. The molecule has 0 unspecified atom stereocenters. The number of aryl methyl sites for hydroxylation is 1. The molecule has 0 spiro atoms. The summed E-state index contributed by atoms with van der Waals surface area (Å²) in [5.74, 6) is -0.0577. The first-order valence-electron chi connectivity index (χ1n) is 4.62. The number of halogens is 1. The van der Waals surface area contributed by atoms with Crippen molar-refractivity contribution in [1.29, 1.82) is 0 Å². The van der Waals surface area contributed by atoms with Crippen LogP contribution in [0.4, 0.5) is 0 Å². The van der Waals surface area contributed by atoms with Gasteiger partial charge >= 0.3 is 0 Å². The second kappa shape index (κ2) is 4.28. The second-order valence-corrected chi connectivity index (χ2v) is 4.01. The Kier molecular flexibility index (Phi) is 3.01. The lowest BCUT2D eigenvalue weighted by molar-refractivity contribution is 0.0295. The molecule has 1 fully saturated rings. The number of morpholine rings is 1. The van der Waals surface area contributed by atoms with Gasteiger partial charge in [-0.05, 0) is 15.9 Å². The Balaban J connectivity index is 2.19. The van der Waals surface area contributed by atoms with E-state index in [1.54, 1.807) is 11.9 Å². The van der Waals surface area contributed by atoms with Crippen LogP contribution in [0.3, 0.4) is 0 Å². The third-order valence-corrected chi connectivity index (χ3v) is 2.82. The number of carbonyl (C=O) groups is 1. The molecule has 0 saturated carbocycles. The van der Waals surface area contributed by atoms with Gasteiger partial charge in [-0.3, -0.25) is 4.79 Å². The summed E-state index contributed by atoms with van der Waals surface area (Å²) in [5.41, 5.74) is 0.483. The molecule has 2 heterocycles. The molecular weight excluding hydrogens is 264 g/mol. The van der Waals surface area contributed by atoms with Gasteiger partial charge in [0.15, 0.2) is 10.3 Å². The number of amides is 1. The van der Waals surface area contributed by atoms with Crippen LogP contribution in [0.1, 0.15) is 10.5 Å². The highest BCUT2D eigenvalue weighted by Gasteiger charge is 2.24. The molecule has 7 heteroatoms. The number of ether oxygens (including phenoxy) is 1. The summed E-state index contributed by atoms with van der Waals surface area (Å²) in [5, 5.41) is 7.56. The maximum Gasteiger partial charge on any atom is 0.275 e. The number of aromatic nitrogens is 3. The summed E-state index contributed by atoms with van der Waals surface area (Å²) < 4.78 is 7.15. The van der Waals surface area contributed by atoms with Crippen LogP contribution < -0.4 is 0 Å². The van der Waals surface area contributed by atoms with Gasteiger partial charge in [0.25, 0.3) is 5.91 Å². The van der Waals surface area contributed by atoms with Crippen molar-refractivity contribution in [1.82, 2.24) is 19.9 Å². The molecule has 0 N–H and O–H groups in total. The maximum atomic E-state index is 12.0. The zero-order valence-corrected chi connectivity index (χ0v) is 9.90. The third kappa shape index (κ3) is 2.03. The minimum atomic E-state index is -0.0577. The lowest BCUT2D eigenvalue weighted by Crippen LogP contribution is -2.41. The first-order chi connectivity index (χ1) is 7.20. The van der Waals surface area contributed by atoms with Crippen molar-refractivity contribution in [2.45, 2.75) is 0 Å². The van der Waals surface area contributed by atoms with E-state index in [-0.39, 0.29) is 5.91 Å². The second-order valence-electron chi connectivity index (χ2n) is 3.26. The van der Waals surface area contributed by atoms with Crippen molar-refractivity contribution >= 4 is 21.8 Å². The molecular formula is C8H11BrN4O2. The SMILES string of the molecule is Cn1nnc(Br)c1C(=O)N1CCOCC1. The Hall–Kier alpha value is -0.950. The van der Waals surface area contributed by atoms with Crippen molar-refractivity contribution in [3.8, 4) is 0 Å². The summed E-state index contributed by atoms with van der Waals surface area (Å²) in [4.78, 5) is 13.8. The van der Waals surface area contributed by atoms with Crippen molar-refractivity contribution < 1.29 is 9.53 Å². The van der Waals surface area contributed by atoms with Crippen LogP contribution in [0.5, 0.6) is 0 Å². The topological polar surface area (TPSA) is 60.2 Å². The molecule has 1 amide bonds. The Morgan fingerprint density at radius 3 is 2.67 bits per heavy atom. The number of rotatable bonds is 1. The predicted octanol–water partition coefficient (Wildman–Crippen LogP) is 0.0500. The zero-order chi connectivity index (χ0) is 10.8. The molecule has 82 valence electrons. The quantitative estimate of drug-likeness (QED) is 0.726. The highest BCUT2D eigenvalue weighted by atomic mass is 79.9. The smallest absolute Gasteiger partial charge is 0.275 e. The molecule has 0 atom stereocenters. The Labute approximate surface area is 95.3 Å². The van der Waals surface area contributed by atoms with Crippen molar-refractivity contribution in [3.05, 3.63) is 10.3 Å². The van der Waals surface area contributed by atoms with E-state index in [1.165, 1.54) is 4.68 Å². The van der Waals surface area contributed by atoms with Gasteiger partial charge in [0, 0.05) is 20.1 Å². The van der Waals surface area contributed by atoms with E-state index in [4.69, 9.17) is 4.74 Å². The Morgan fingerprint density at radius 1 is 1.47 bits per heavy atom. The maximum absolute atomic E-state index is 12.0. The van der Waals surface area contributed by atoms with Gasteiger partial charge in [0.2, 0.25) is 0 Å². The Morgan fingerprint density at radius 2 is 2.13 bits per heavy atom. The first-order valence-corrected chi connectivity index (χ1v) is 5.41. The van der Waals surface area contributed by atoms with E-state index in [0.29, 0.717) is 36.6 Å². The number of hydrogen-bond donors (Lipinski definition) is 0. The van der Waals surface area contributed by atoms with E-state index in [2.05, 4.69) is 26.2 Å². The summed E-state index contributed by atoms with van der Waals surface area (Å²) in [7, 11) is 1.70. The van der Waals surface area contributed by atoms with E-state index < -0.39 is 0 Å². The summed E-state index contributed by atoms with van der Waals surface area (Å²) in [6.45, 7) is 2.43. The minimum absolute atomic E-state index is 0.0577. The fraction of sp³-hybridized carbons (Fsp3) is 0.625. The molecule has 0 bridgehead atoms. The van der Waals surface area contributed by atoms with Crippen LogP contribution in [-0.2, 0) is 11.8 Å². The first kappa shape index (κ1) is 10.6. The van der Waals surface area contributed by atoms with Crippen molar-refractivity contribution in [2.24, 2.45) is 7.05 Å². The largest absolute Gasteiger partial charge is 0.378 e. The van der Waals surface area contributed by atoms with Gasteiger partial charge in [-0.2, -0.15) is 0 Å². The van der Waals surface area contributed by atoms with E-state index in [9.17, 15) is 4.79 Å². The molecule has 1 aromatic rings. The molecule has 0 aromatic carbocycles. The van der Waals surface area contributed by atoms with Gasteiger partial charge in [-0.25, -0.2) is 4.68 Å². The molecule has 1 saturated heterocycles. The summed E-state index contributed by atoms with van der Waals surface area (Å²) in [6, 6.07) is 0. The molecule has 2 rings (SSSR count). The standard InChI is InChI=1S/C8H11BrN4O2/c1-12-6(7(9)10-11-12)8(14)13-2-4-15-5-3-13/h2-5H2,1H3. The molecule has 1 aromatic heterocycles. The van der Waals surface area contributed by atoms with Crippen molar-refractivity contribution in [2.75, 3.05) is 26.3 Å². The average molecular weight is 275 g/mol. The molecule has 0 aliphatic carbocycles. The van der Waals surface area contributed by atoms with Gasteiger partial charge in [0.05, 0.1) is 13.2 Å². The predicted molar refractivity (Wildman–Crippen MR) is 55.4 cm³/mol. The molecule has 6 nitrogen and oxygen atoms in total. The monoisotopic (exact) mass is 274 g/mol. The van der Waals surface area contributed by atoms with Crippen LogP contribution in [0.15, 0.2) is 4.60 Å². The lowest BCUT2D eigenvalue weighted by Gasteiger charge is -2.26. The highest BCUT2D eigenvalue weighted by molar-refractivity contribution is 9.10. The van der Waals surface area contributed by atoms with Gasteiger partial charge < -0.3 is 9.64 Å². The van der Waals surface area contributed by atoms with Crippen LogP contribution in [-0.4, -0.2) is 52.1 Å². The number of hydrogen-bond acceptors (Lipinski definition) is 4. The van der Waals surface area contributed by atoms with Gasteiger partial charge in [0.1, 0.15) is 0 Å². The van der Waals surface area contributed by atoms with Crippen LogP contribution in [0.25, 0.3) is 0 Å². The zero-order valence-electron chi connectivity index (χ0n) is 8.31. The normalized spacial score (nSPS) is 16.8.